The number of nitrogens with one attached hydrogen (secondary N) is 2. The van der Waals surface area contributed by atoms with E-state index in [9.17, 15) is 14.3 Å². The predicted molar refractivity (Wildman–Crippen MR) is 126 cm³/mol. The van der Waals surface area contributed by atoms with Gasteiger partial charge in [0.2, 0.25) is 5.91 Å². The Morgan fingerprint density at radius 3 is 2.58 bits per heavy atom. The molecule has 2 aliphatic rings. The lowest BCUT2D eigenvalue weighted by atomic mass is 9.90. The van der Waals surface area contributed by atoms with E-state index in [1.165, 1.54) is 30.2 Å². The summed E-state index contributed by atoms with van der Waals surface area (Å²) in [5, 5.41) is 17.4. The van der Waals surface area contributed by atoms with E-state index in [4.69, 9.17) is 4.74 Å². The zero-order valence-electron chi connectivity index (χ0n) is 19.8. The second-order valence-electron chi connectivity index (χ2n) is 9.94. The molecule has 1 amide bonds. The third-order valence-electron chi connectivity index (χ3n) is 7.05. The Kier molecular flexibility index (Phi) is 6.89. The summed E-state index contributed by atoms with van der Waals surface area (Å²) >= 11 is 0. The molecular weight excluding hydrogens is 419 g/mol. The molecule has 0 aromatic heterocycles. The third kappa shape index (κ3) is 5.62. The van der Waals surface area contributed by atoms with Crippen molar-refractivity contribution < 1.29 is 19.0 Å². The third-order valence-corrected chi connectivity index (χ3v) is 7.05. The van der Waals surface area contributed by atoms with Crippen molar-refractivity contribution in [3.05, 3.63) is 70.5 Å². The first-order chi connectivity index (χ1) is 15.7. The van der Waals surface area contributed by atoms with Crippen LogP contribution >= 0.6 is 0 Å². The SMILES string of the molecule is CC(=O)NC(Cc1cc(C)cc(F)c1)C(O)CNC1(c2cccc(C3(C)CCCO3)c2)CC1. The Morgan fingerprint density at radius 2 is 1.94 bits per heavy atom. The first-order valence-corrected chi connectivity index (χ1v) is 11.9. The molecule has 0 bridgehead atoms. The molecule has 1 saturated carbocycles. The average Bonchev–Trinajstić information content (AvgIpc) is 3.43. The zero-order chi connectivity index (χ0) is 23.6. The molecule has 2 aromatic rings. The van der Waals surface area contributed by atoms with Crippen LogP contribution in [-0.2, 0) is 27.1 Å². The molecule has 6 heteroatoms. The number of carbonyl (C=O) groups excluding carboxylic acids is 1. The molecule has 0 radical (unpaired) electrons. The predicted octanol–water partition coefficient (Wildman–Crippen LogP) is 3.85. The highest BCUT2D eigenvalue weighted by molar-refractivity contribution is 5.73. The van der Waals surface area contributed by atoms with Gasteiger partial charge in [-0.3, -0.25) is 4.79 Å². The van der Waals surface area contributed by atoms with Gasteiger partial charge in [-0.1, -0.05) is 30.3 Å². The van der Waals surface area contributed by atoms with Gasteiger partial charge in [-0.2, -0.15) is 0 Å². The second kappa shape index (κ2) is 9.53. The fourth-order valence-corrected chi connectivity index (χ4v) is 5.02. The number of rotatable bonds is 9. The van der Waals surface area contributed by atoms with Crippen LogP contribution in [0.15, 0.2) is 42.5 Å². The lowest BCUT2D eigenvalue weighted by Crippen LogP contribution is -2.49. The minimum atomic E-state index is -0.811. The van der Waals surface area contributed by atoms with Crippen molar-refractivity contribution >= 4 is 5.91 Å². The molecule has 1 saturated heterocycles. The molecule has 2 fully saturated rings. The molecule has 3 N–H and O–H groups in total. The number of amides is 1. The van der Waals surface area contributed by atoms with Crippen molar-refractivity contribution in [1.82, 2.24) is 10.6 Å². The summed E-state index contributed by atoms with van der Waals surface area (Å²) in [6.45, 7) is 6.55. The van der Waals surface area contributed by atoms with E-state index in [0.717, 1.165) is 43.4 Å². The molecule has 1 aliphatic carbocycles. The number of ether oxygens (including phenoxy) is 1. The van der Waals surface area contributed by atoms with Gasteiger partial charge < -0.3 is 20.5 Å². The molecule has 1 aliphatic heterocycles. The molecule has 1 heterocycles. The Bertz CT molecular complexity index is 978. The van der Waals surface area contributed by atoms with E-state index >= 15 is 0 Å². The van der Waals surface area contributed by atoms with E-state index in [-0.39, 0.29) is 22.9 Å². The Labute approximate surface area is 195 Å². The van der Waals surface area contributed by atoms with Gasteiger partial charge in [0.1, 0.15) is 5.82 Å². The zero-order valence-corrected chi connectivity index (χ0v) is 19.8. The van der Waals surface area contributed by atoms with Crippen molar-refractivity contribution in [3.8, 4) is 0 Å². The topological polar surface area (TPSA) is 70.6 Å². The Balaban J connectivity index is 1.44. The summed E-state index contributed by atoms with van der Waals surface area (Å²) in [5.41, 5.74) is 3.58. The van der Waals surface area contributed by atoms with Crippen molar-refractivity contribution in [3.63, 3.8) is 0 Å². The highest BCUT2D eigenvalue weighted by atomic mass is 19.1. The standard InChI is InChI=1S/C27H35FN2O3/c1-18-12-20(14-23(28)13-18)15-24(30-19(2)31)25(32)17-29-27(9-10-27)22-7-4-6-21(16-22)26(3)8-5-11-33-26/h4,6-7,12-14,16,24-25,29,32H,5,8-11,15,17H2,1-3H3,(H,30,31). The molecule has 0 spiro atoms. The minimum absolute atomic E-state index is 0.165. The first-order valence-electron chi connectivity index (χ1n) is 11.9. The van der Waals surface area contributed by atoms with Crippen LogP contribution in [0.4, 0.5) is 4.39 Å². The molecular formula is C27H35FN2O3. The summed E-state index contributed by atoms with van der Waals surface area (Å²) in [6, 6.07) is 12.9. The highest BCUT2D eigenvalue weighted by Crippen LogP contribution is 2.47. The maximum atomic E-state index is 13.8. The lowest BCUT2D eigenvalue weighted by Gasteiger charge is -2.28. The number of aliphatic hydroxyl groups excluding tert-OH is 1. The van der Waals surface area contributed by atoms with E-state index in [1.807, 2.05) is 13.0 Å². The number of halogens is 1. The van der Waals surface area contributed by atoms with Crippen LogP contribution in [0.25, 0.3) is 0 Å². The maximum absolute atomic E-state index is 13.8. The maximum Gasteiger partial charge on any atom is 0.217 e. The number of hydrogen-bond acceptors (Lipinski definition) is 4. The van der Waals surface area contributed by atoms with Crippen molar-refractivity contribution in [2.45, 2.75) is 76.2 Å². The molecule has 2 aromatic carbocycles. The van der Waals surface area contributed by atoms with Gasteiger partial charge in [0.05, 0.1) is 17.7 Å². The normalized spacial score (nSPS) is 23.2. The fourth-order valence-electron chi connectivity index (χ4n) is 5.02. The van der Waals surface area contributed by atoms with Crippen molar-refractivity contribution in [2.75, 3.05) is 13.2 Å². The van der Waals surface area contributed by atoms with E-state index in [2.05, 4.69) is 41.8 Å². The van der Waals surface area contributed by atoms with E-state index < -0.39 is 12.1 Å². The Hall–Kier alpha value is -2.28. The quantitative estimate of drug-likeness (QED) is 0.538. The first kappa shape index (κ1) is 23.9. The number of hydrogen-bond donors (Lipinski definition) is 3. The van der Waals surface area contributed by atoms with Crippen LogP contribution in [0.3, 0.4) is 0 Å². The van der Waals surface area contributed by atoms with Gasteiger partial charge in [0.15, 0.2) is 0 Å². The van der Waals surface area contributed by atoms with Crippen molar-refractivity contribution in [1.29, 1.82) is 0 Å². The number of aryl methyl sites for hydroxylation is 1. The smallest absolute Gasteiger partial charge is 0.217 e. The van der Waals surface area contributed by atoms with Crippen LogP contribution in [0.1, 0.15) is 61.8 Å². The van der Waals surface area contributed by atoms with Crippen molar-refractivity contribution in [2.24, 2.45) is 0 Å². The van der Waals surface area contributed by atoms with Gasteiger partial charge in [-0.15, -0.1) is 0 Å². The van der Waals surface area contributed by atoms with E-state index in [0.29, 0.717) is 13.0 Å². The monoisotopic (exact) mass is 454 g/mol. The average molecular weight is 455 g/mol. The molecule has 4 rings (SSSR count). The van der Waals surface area contributed by atoms with Gasteiger partial charge in [-0.05, 0) is 80.3 Å². The summed E-state index contributed by atoms with van der Waals surface area (Å²) < 4.78 is 19.9. The summed E-state index contributed by atoms with van der Waals surface area (Å²) in [5.74, 6) is -0.526. The van der Waals surface area contributed by atoms with Gasteiger partial charge in [0.25, 0.3) is 0 Å². The Morgan fingerprint density at radius 1 is 1.18 bits per heavy atom. The summed E-state index contributed by atoms with van der Waals surface area (Å²) in [4.78, 5) is 11.8. The molecule has 178 valence electrons. The van der Waals surface area contributed by atoms with Gasteiger partial charge in [-0.25, -0.2) is 4.39 Å². The highest BCUT2D eigenvalue weighted by Gasteiger charge is 2.45. The second-order valence-corrected chi connectivity index (χ2v) is 9.94. The minimum Gasteiger partial charge on any atom is -0.390 e. The summed E-state index contributed by atoms with van der Waals surface area (Å²) in [6.07, 6.45) is 3.63. The lowest BCUT2D eigenvalue weighted by molar-refractivity contribution is -0.120. The molecule has 33 heavy (non-hydrogen) atoms. The van der Waals surface area contributed by atoms with Gasteiger partial charge >= 0.3 is 0 Å². The van der Waals surface area contributed by atoms with Crippen LogP contribution in [0.2, 0.25) is 0 Å². The van der Waals surface area contributed by atoms with Gasteiger partial charge in [0, 0.05) is 25.6 Å². The van der Waals surface area contributed by atoms with Crippen LogP contribution in [0.5, 0.6) is 0 Å². The largest absolute Gasteiger partial charge is 0.390 e. The molecule has 3 atom stereocenters. The fraction of sp³-hybridized carbons (Fsp3) is 0.519. The van der Waals surface area contributed by atoms with E-state index in [1.54, 1.807) is 0 Å². The number of aliphatic hydroxyl groups is 1. The number of benzene rings is 2. The number of carbonyl (C=O) groups is 1. The molecule has 5 nitrogen and oxygen atoms in total. The van der Waals surface area contributed by atoms with Crippen LogP contribution < -0.4 is 10.6 Å². The summed E-state index contributed by atoms with van der Waals surface area (Å²) in [7, 11) is 0. The molecule has 3 unspecified atom stereocenters. The van der Waals surface area contributed by atoms with Crippen LogP contribution in [-0.4, -0.2) is 36.3 Å². The van der Waals surface area contributed by atoms with Crippen LogP contribution in [0, 0.1) is 12.7 Å².